The van der Waals surface area contributed by atoms with Gasteiger partial charge < -0.3 is 18.9 Å². The van der Waals surface area contributed by atoms with Gasteiger partial charge in [0.15, 0.2) is 0 Å². The Morgan fingerprint density at radius 1 is 1.18 bits per heavy atom. The van der Waals surface area contributed by atoms with Crippen molar-refractivity contribution in [3.05, 3.63) is 46.6 Å². The Hall–Kier alpha value is -2.81. The van der Waals surface area contributed by atoms with Crippen molar-refractivity contribution in [2.75, 3.05) is 26.9 Å². The molecular formula is C24H31ClF3N3O7S. The number of benzene rings is 1. The second-order valence-corrected chi connectivity index (χ2v) is 10.2. The zero-order valence-corrected chi connectivity index (χ0v) is 23.2. The minimum Gasteiger partial charge on any atom is -0.491 e. The van der Waals surface area contributed by atoms with Crippen LogP contribution in [0.3, 0.4) is 0 Å². The van der Waals surface area contributed by atoms with Crippen LogP contribution in [0.2, 0.25) is 5.02 Å². The van der Waals surface area contributed by atoms with Crippen LogP contribution in [-0.2, 0) is 32.3 Å². The van der Waals surface area contributed by atoms with Crippen LogP contribution in [0.25, 0.3) is 0 Å². The van der Waals surface area contributed by atoms with Crippen molar-refractivity contribution in [3.8, 4) is 17.4 Å². The van der Waals surface area contributed by atoms with E-state index in [0.29, 0.717) is 36.6 Å². The number of methoxy groups -OCH3 is 1. The van der Waals surface area contributed by atoms with Crippen molar-refractivity contribution in [1.82, 2.24) is 14.4 Å². The maximum atomic E-state index is 13.0. The Balaban J connectivity index is 2.06. The molecule has 15 heteroatoms. The van der Waals surface area contributed by atoms with E-state index in [-0.39, 0.29) is 48.7 Å². The summed E-state index contributed by atoms with van der Waals surface area (Å²) in [5.41, 5.74) is -0.442. The number of hydrogen-bond donors (Lipinski definition) is 2. The molecular weight excluding hydrogens is 567 g/mol. The zero-order valence-electron chi connectivity index (χ0n) is 21.6. The first-order valence-corrected chi connectivity index (χ1v) is 13.8. The van der Waals surface area contributed by atoms with Gasteiger partial charge in [0, 0.05) is 25.4 Å². The van der Waals surface area contributed by atoms with Crippen molar-refractivity contribution in [2.45, 2.75) is 51.7 Å². The number of aromatic nitrogens is 1. The second-order valence-electron chi connectivity index (χ2n) is 8.37. The fourth-order valence-corrected chi connectivity index (χ4v) is 4.47. The Kier molecular flexibility index (Phi) is 12.5. The molecule has 0 bridgehead atoms. The van der Waals surface area contributed by atoms with Crippen LogP contribution < -0.4 is 18.9 Å². The third-order valence-corrected chi connectivity index (χ3v) is 6.47. The van der Waals surface area contributed by atoms with E-state index in [1.807, 2.05) is 6.92 Å². The third kappa shape index (κ3) is 11.4. The van der Waals surface area contributed by atoms with Gasteiger partial charge in [-0.05, 0) is 43.9 Å². The minimum absolute atomic E-state index is 0.128. The lowest BCUT2D eigenvalue weighted by Crippen LogP contribution is -2.44. The van der Waals surface area contributed by atoms with Crippen LogP contribution in [0, 0.1) is 0 Å². The molecule has 0 radical (unpaired) electrons. The molecule has 0 aliphatic rings. The number of pyridine rings is 1. The summed E-state index contributed by atoms with van der Waals surface area (Å²) >= 11 is 5.99. The molecule has 2 N–H and O–H groups in total. The van der Waals surface area contributed by atoms with Crippen LogP contribution in [-0.4, -0.2) is 52.5 Å². The van der Waals surface area contributed by atoms with Gasteiger partial charge in [-0.25, -0.2) is 14.5 Å². The highest BCUT2D eigenvalue weighted by Crippen LogP contribution is 2.36. The van der Waals surface area contributed by atoms with Gasteiger partial charge in [0.1, 0.15) is 23.1 Å². The maximum absolute atomic E-state index is 13.0. The molecule has 1 aromatic carbocycles. The van der Waals surface area contributed by atoms with Crippen LogP contribution in [0.4, 0.5) is 18.0 Å². The molecule has 1 atom stereocenters. The molecule has 218 valence electrons. The van der Waals surface area contributed by atoms with E-state index in [2.05, 4.69) is 9.71 Å². The number of amides is 1. The molecule has 1 unspecified atom stereocenters. The molecule has 0 saturated carbocycles. The number of aryl methyl sites for hydroxylation is 1. The van der Waals surface area contributed by atoms with Gasteiger partial charge in [-0.1, -0.05) is 31.0 Å². The summed E-state index contributed by atoms with van der Waals surface area (Å²) in [6.07, 6.45) is -3.22. The molecule has 1 aromatic heterocycles. The molecule has 2 aromatic rings. The number of alkyl halides is 3. The lowest BCUT2D eigenvalue weighted by atomic mass is 10.1. The molecule has 1 amide bonds. The molecule has 0 saturated heterocycles. The van der Waals surface area contributed by atoms with Crippen LogP contribution >= 0.6 is 11.6 Å². The molecule has 0 aliphatic heterocycles. The number of ether oxygens (including phenoxy) is 4. The summed E-state index contributed by atoms with van der Waals surface area (Å²) in [6, 6.07) is 5.19. The van der Waals surface area contributed by atoms with Gasteiger partial charge in [-0.3, -0.25) is 0 Å². The van der Waals surface area contributed by atoms with Crippen molar-refractivity contribution in [3.63, 3.8) is 0 Å². The first-order chi connectivity index (χ1) is 18.3. The van der Waals surface area contributed by atoms with Gasteiger partial charge in [-0.2, -0.15) is 26.3 Å². The molecule has 0 fully saturated rings. The minimum atomic E-state index is -4.62. The molecule has 0 spiro atoms. The molecule has 1 heterocycles. The standard InChI is InChI=1S/C24H31ClF3N3O7S/c1-4-6-16(2)30-39(33,34)31-23(32)37-10-5-7-17-8-9-19(36-12-11-35-3)14-21(17)38-22-20(25)13-18(15-29-22)24(26,27)28/h8-9,13-16,30H,4-7,10-12H2,1-3H3,(H,31,32). The number of carbonyl (C=O) groups is 1. The number of nitrogens with zero attached hydrogens (tertiary/aromatic N) is 1. The highest BCUT2D eigenvalue weighted by atomic mass is 35.5. The van der Waals surface area contributed by atoms with Crippen molar-refractivity contribution in [2.24, 2.45) is 0 Å². The summed E-state index contributed by atoms with van der Waals surface area (Å²) in [7, 11) is -2.56. The third-order valence-electron chi connectivity index (χ3n) is 5.06. The zero-order chi connectivity index (χ0) is 29.1. The van der Waals surface area contributed by atoms with Crippen LogP contribution in [0.15, 0.2) is 30.5 Å². The van der Waals surface area contributed by atoms with Crippen LogP contribution in [0.5, 0.6) is 17.4 Å². The Morgan fingerprint density at radius 2 is 1.92 bits per heavy atom. The maximum Gasteiger partial charge on any atom is 0.421 e. The number of hydrogen-bond acceptors (Lipinski definition) is 8. The van der Waals surface area contributed by atoms with Crippen molar-refractivity contribution in [1.29, 1.82) is 0 Å². The highest BCUT2D eigenvalue weighted by molar-refractivity contribution is 7.88. The monoisotopic (exact) mass is 597 g/mol. The predicted octanol–water partition coefficient (Wildman–Crippen LogP) is 5.25. The van der Waals surface area contributed by atoms with Gasteiger partial charge in [0.2, 0.25) is 5.88 Å². The van der Waals surface area contributed by atoms with Gasteiger partial charge in [0.05, 0.1) is 18.8 Å². The topological polar surface area (TPSA) is 125 Å². The summed E-state index contributed by atoms with van der Waals surface area (Å²) in [5, 5.41) is -0.343. The SMILES string of the molecule is CCCC(C)NS(=O)(=O)NC(=O)OCCCc1ccc(OCCOC)cc1Oc1ncc(C(F)(F)F)cc1Cl. The fraction of sp³-hybridized carbons (Fsp3) is 0.500. The smallest absolute Gasteiger partial charge is 0.421 e. The van der Waals surface area contributed by atoms with Crippen molar-refractivity contribution < 1.29 is 45.3 Å². The normalized spacial score (nSPS) is 12.6. The number of nitrogens with one attached hydrogen (secondary N) is 2. The molecule has 39 heavy (non-hydrogen) atoms. The second kappa shape index (κ2) is 15.1. The van der Waals surface area contributed by atoms with Gasteiger partial charge in [0.25, 0.3) is 0 Å². The van der Waals surface area contributed by atoms with E-state index in [1.54, 1.807) is 23.8 Å². The average molecular weight is 598 g/mol. The number of carbonyl (C=O) groups excluding carboxylic acids is 1. The quantitative estimate of drug-likeness (QED) is 0.267. The highest BCUT2D eigenvalue weighted by Gasteiger charge is 2.32. The summed E-state index contributed by atoms with van der Waals surface area (Å²) in [5.74, 6) is 0.366. The van der Waals surface area contributed by atoms with E-state index in [0.717, 1.165) is 6.42 Å². The first kappa shape index (κ1) is 32.4. The summed E-state index contributed by atoms with van der Waals surface area (Å²) in [6.45, 7) is 4.02. The summed E-state index contributed by atoms with van der Waals surface area (Å²) in [4.78, 5) is 15.6. The van der Waals surface area contributed by atoms with Crippen molar-refractivity contribution >= 4 is 27.9 Å². The molecule has 2 rings (SSSR count). The number of rotatable bonds is 15. The lowest BCUT2D eigenvalue weighted by molar-refractivity contribution is -0.137. The number of halogens is 4. The van der Waals surface area contributed by atoms with E-state index in [4.69, 9.17) is 30.5 Å². The lowest BCUT2D eigenvalue weighted by Gasteiger charge is -2.15. The largest absolute Gasteiger partial charge is 0.491 e. The van der Waals surface area contributed by atoms with E-state index < -0.39 is 28.0 Å². The first-order valence-electron chi connectivity index (χ1n) is 12.0. The Bertz CT molecular complexity index is 1200. The molecule has 0 aliphatic carbocycles. The van der Waals surface area contributed by atoms with E-state index in [9.17, 15) is 26.4 Å². The molecule has 10 nitrogen and oxygen atoms in total. The van der Waals surface area contributed by atoms with Gasteiger partial charge >= 0.3 is 22.5 Å². The summed E-state index contributed by atoms with van der Waals surface area (Å²) < 4.78 is 88.2. The van der Waals surface area contributed by atoms with E-state index in [1.165, 1.54) is 13.2 Å². The van der Waals surface area contributed by atoms with Gasteiger partial charge in [-0.15, -0.1) is 0 Å². The fourth-order valence-electron chi connectivity index (χ4n) is 3.28. The predicted molar refractivity (Wildman–Crippen MR) is 137 cm³/mol. The average Bonchev–Trinajstić information content (AvgIpc) is 2.83. The Labute approximate surface area is 230 Å². The Morgan fingerprint density at radius 3 is 2.56 bits per heavy atom. The van der Waals surface area contributed by atoms with Crippen LogP contribution in [0.1, 0.15) is 44.2 Å². The van der Waals surface area contributed by atoms with E-state index >= 15 is 0 Å².